The molecule has 0 unspecified atom stereocenters. The van der Waals surface area contributed by atoms with E-state index in [1.54, 1.807) is 13.8 Å². The molecule has 1 rings (SSSR count). The summed E-state index contributed by atoms with van der Waals surface area (Å²) in [5, 5.41) is 12.9. The Morgan fingerprint density at radius 1 is 1.41 bits per heavy atom. The first-order valence-corrected chi connectivity index (χ1v) is 4.87. The van der Waals surface area contributed by atoms with Crippen LogP contribution in [0.1, 0.15) is 13.8 Å². The van der Waals surface area contributed by atoms with Gasteiger partial charge in [0, 0.05) is 12.1 Å². The van der Waals surface area contributed by atoms with E-state index in [4.69, 9.17) is 5.73 Å². The first kappa shape index (κ1) is 13.3. The number of halogens is 2. The monoisotopic (exact) mass is 245 g/mol. The average molecular weight is 245 g/mol. The van der Waals surface area contributed by atoms with Crippen LogP contribution in [0.2, 0.25) is 0 Å². The van der Waals surface area contributed by atoms with E-state index in [2.05, 4.69) is 5.32 Å². The highest BCUT2D eigenvalue weighted by molar-refractivity contribution is 5.51. The molecule has 0 heterocycles. The Hall–Kier alpha value is -1.76. The fraction of sp³-hybridized carbons (Fsp3) is 0.400. The van der Waals surface area contributed by atoms with Crippen LogP contribution in [-0.2, 0) is 0 Å². The number of anilines is 1. The van der Waals surface area contributed by atoms with E-state index < -0.39 is 33.5 Å². The van der Waals surface area contributed by atoms with E-state index in [0.717, 1.165) is 0 Å². The summed E-state index contributed by atoms with van der Waals surface area (Å²) in [5.41, 5.74) is 3.96. The average Bonchev–Trinajstić information content (AvgIpc) is 2.14. The Morgan fingerprint density at radius 3 is 2.24 bits per heavy atom. The summed E-state index contributed by atoms with van der Waals surface area (Å²) in [4.78, 5) is 9.51. The third-order valence-electron chi connectivity index (χ3n) is 1.96. The van der Waals surface area contributed by atoms with Crippen LogP contribution in [0.4, 0.5) is 20.2 Å². The van der Waals surface area contributed by atoms with Crippen molar-refractivity contribution in [3.05, 3.63) is 33.9 Å². The van der Waals surface area contributed by atoms with Gasteiger partial charge in [0.15, 0.2) is 11.6 Å². The molecule has 1 aromatic carbocycles. The molecule has 1 aromatic rings. The predicted molar refractivity (Wildman–Crippen MR) is 59.8 cm³/mol. The standard InChI is InChI=1S/C10H13F2N3O2/c1-10(2,13)5-14-9-7(11)3-6(15(16)17)4-8(9)12/h3-4,14H,5,13H2,1-2H3. The number of benzene rings is 1. The van der Waals surface area contributed by atoms with Gasteiger partial charge in [-0.2, -0.15) is 0 Å². The molecule has 5 nitrogen and oxygen atoms in total. The zero-order chi connectivity index (χ0) is 13.2. The fourth-order valence-corrected chi connectivity index (χ4v) is 1.15. The SMILES string of the molecule is CC(C)(N)CNc1c(F)cc([N+](=O)[O-])cc1F. The summed E-state index contributed by atoms with van der Waals surface area (Å²) in [6.07, 6.45) is 0. The van der Waals surface area contributed by atoms with Crippen LogP contribution in [0, 0.1) is 21.7 Å². The quantitative estimate of drug-likeness (QED) is 0.628. The van der Waals surface area contributed by atoms with Crippen LogP contribution < -0.4 is 11.1 Å². The van der Waals surface area contributed by atoms with Crippen LogP contribution in [0.25, 0.3) is 0 Å². The van der Waals surface area contributed by atoms with E-state index in [0.29, 0.717) is 12.1 Å². The number of hydrogen-bond acceptors (Lipinski definition) is 4. The van der Waals surface area contributed by atoms with Crippen LogP contribution in [0.5, 0.6) is 0 Å². The molecule has 17 heavy (non-hydrogen) atoms. The number of nitrogens with one attached hydrogen (secondary N) is 1. The van der Waals surface area contributed by atoms with Gasteiger partial charge in [-0.15, -0.1) is 0 Å². The van der Waals surface area contributed by atoms with Crippen molar-refractivity contribution in [3.63, 3.8) is 0 Å². The van der Waals surface area contributed by atoms with Crippen molar-refractivity contribution in [1.82, 2.24) is 0 Å². The lowest BCUT2D eigenvalue weighted by atomic mass is 10.1. The van der Waals surface area contributed by atoms with Crippen LogP contribution in [0.3, 0.4) is 0 Å². The second kappa shape index (κ2) is 4.62. The van der Waals surface area contributed by atoms with Crippen molar-refractivity contribution in [1.29, 1.82) is 0 Å². The molecule has 7 heteroatoms. The number of hydrogen-bond donors (Lipinski definition) is 2. The minimum atomic E-state index is -1.01. The maximum atomic E-state index is 13.4. The van der Waals surface area contributed by atoms with E-state index in [-0.39, 0.29) is 6.54 Å². The lowest BCUT2D eigenvalue weighted by Crippen LogP contribution is -2.39. The first-order valence-electron chi connectivity index (χ1n) is 4.87. The highest BCUT2D eigenvalue weighted by atomic mass is 19.1. The van der Waals surface area contributed by atoms with Gasteiger partial charge in [0.25, 0.3) is 5.69 Å². The molecule has 0 aliphatic rings. The number of nitrogens with zero attached hydrogens (tertiary/aromatic N) is 1. The van der Waals surface area contributed by atoms with Gasteiger partial charge in [-0.3, -0.25) is 10.1 Å². The highest BCUT2D eigenvalue weighted by Gasteiger charge is 2.18. The van der Waals surface area contributed by atoms with Crippen molar-refractivity contribution < 1.29 is 13.7 Å². The van der Waals surface area contributed by atoms with Crippen molar-refractivity contribution in [2.45, 2.75) is 19.4 Å². The Bertz CT molecular complexity index is 421. The van der Waals surface area contributed by atoms with Crippen LogP contribution >= 0.6 is 0 Å². The minimum absolute atomic E-state index is 0.138. The molecular formula is C10H13F2N3O2. The molecule has 0 saturated carbocycles. The van der Waals surface area contributed by atoms with E-state index in [9.17, 15) is 18.9 Å². The maximum absolute atomic E-state index is 13.4. The first-order chi connectivity index (χ1) is 7.70. The smallest absolute Gasteiger partial charge is 0.275 e. The van der Waals surface area contributed by atoms with E-state index >= 15 is 0 Å². The molecule has 0 aliphatic heterocycles. The zero-order valence-electron chi connectivity index (χ0n) is 9.46. The van der Waals surface area contributed by atoms with Gasteiger partial charge in [-0.1, -0.05) is 0 Å². The molecule has 0 amide bonds. The summed E-state index contributed by atoms with van der Waals surface area (Å²) in [6.45, 7) is 3.50. The number of nitro benzene ring substituents is 1. The van der Waals surface area contributed by atoms with Gasteiger partial charge < -0.3 is 11.1 Å². The largest absolute Gasteiger partial charge is 0.378 e. The minimum Gasteiger partial charge on any atom is -0.378 e. The molecular weight excluding hydrogens is 232 g/mol. The van der Waals surface area contributed by atoms with Gasteiger partial charge in [-0.05, 0) is 13.8 Å². The molecule has 0 bridgehead atoms. The Balaban J connectivity index is 2.98. The van der Waals surface area contributed by atoms with Crippen molar-refractivity contribution in [2.24, 2.45) is 5.73 Å². The molecule has 0 atom stereocenters. The summed E-state index contributed by atoms with van der Waals surface area (Å²) in [6, 6.07) is 1.32. The van der Waals surface area contributed by atoms with Crippen LogP contribution in [-0.4, -0.2) is 17.0 Å². The van der Waals surface area contributed by atoms with E-state index in [1.165, 1.54) is 0 Å². The van der Waals surface area contributed by atoms with Gasteiger partial charge in [0.1, 0.15) is 5.69 Å². The van der Waals surface area contributed by atoms with Gasteiger partial charge >= 0.3 is 0 Å². The molecule has 94 valence electrons. The normalized spacial score (nSPS) is 11.4. The number of non-ortho nitro benzene ring substituents is 1. The van der Waals surface area contributed by atoms with E-state index in [1.807, 2.05) is 0 Å². The second-order valence-corrected chi connectivity index (χ2v) is 4.38. The Morgan fingerprint density at radius 2 is 1.88 bits per heavy atom. The molecule has 0 aliphatic carbocycles. The lowest BCUT2D eigenvalue weighted by molar-refractivity contribution is -0.385. The highest BCUT2D eigenvalue weighted by Crippen LogP contribution is 2.24. The van der Waals surface area contributed by atoms with Gasteiger partial charge in [-0.25, -0.2) is 8.78 Å². The molecule has 0 radical (unpaired) electrons. The summed E-state index contributed by atoms with van der Waals surface area (Å²) < 4.78 is 26.8. The maximum Gasteiger partial charge on any atom is 0.275 e. The Kier molecular flexibility index (Phi) is 3.62. The molecule has 3 N–H and O–H groups in total. The molecule has 0 aromatic heterocycles. The summed E-state index contributed by atoms with van der Waals surface area (Å²) in [5.74, 6) is -2.03. The summed E-state index contributed by atoms with van der Waals surface area (Å²) >= 11 is 0. The summed E-state index contributed by atoms with van der Waals surface area (Å²) in [7, 11) is 0. The third kappa shape index (κ3) is 3.63. The lowest BCUT2D eigenvalue weighted by Gasteiger charge is -2.20. The van der Waals surface area contributed by atoms with Crippen molar-refractivity contribution >= 4 is 11.4 Å². The van der Waals surface area contributed by atoms with Gasteiger partial charge in [0.2, 0.25) is 0 Å². The topological polar surface area (TPSA) is 81.2 Å². The van der Waals surface area contributed by atoms with Crippen LogP contribution in [0.15, 0.2) is 12.1 Å². The third-order valence-corrected chi connectivity index (χ3v) is 1.96. The second-order valence-electron chi connectivity index (χ2n) is 4.38. The number of nitrogens with two attached hydrogens (primary N) is 1. The van der Waals surface area contributed by atoms with Crippen molar-refractivity contribution in [3.8, 4) is 0 Å². The number of rotatable bonds is 4. The number of nitro groups is 1. The fourth-order valence-electron chi connectivity index (χ4n) is 1.15. The van der Waals surface area contributed by atoms with Crippen molar-refractivity contribution in [2.75, 3.05) is 11.9 Å². The molecule has 0 fully saturated rings. The van der Waals surface area contributed by atoms with Gasteiger partial charge in [0.05, 0.1) is 17.1 Å². The zero-order valence-corrected chi connectivity index (χ0v) is 9.46. The molecule has 0 saturated heterocycles. The predicted octanol–water partition coefficient (Wildman–Crippen LogP) is 2.02. The molecule has 0 spiro atoms. The Labute approximate surface area is 96.8 Å².